The Labute approximate surface area is 149 Å². The largest absolute Gasteiger partial charge is 0.494 e. The number of nitrogens with zero attached hydrogens (tertiary/aromatic N) is 3. The monoisotopic (exact) mass is 390 g/mol. The summed E-state index contributed by atoms with van der Waals surface area (Å²) in [6, 6.07) is 4.18. The van der Waals surface area contributed by atoms with Crippen molar-refractivity contribution in [1.82, 2.24) is 9.78 Å². The lowest BCUT2D eigenvalue weighted by Gasteiger charge is -2.10. The van der Waals surface area contributed by atoms with Crippen molar-refractivity contribution in [3.63, 3.8) is 0 Å². The first-order valence-corrected chi connectivity index (χ1v) is 7.58. The molecule has 8 nitrogen and oxygen atoms in total. The van der Waals surface area contributed by atoms with Gasteiger partial charge in [0.15, 0.2) is 0 Å². The molecule has 1 aromatic carbocycles. The number of anilines is 1. The number of ether oxygens (including phenoxy) is 1. The highest BCUT2D eigenvalue weighted by molar-refractivity contribution is 5.93. The summed E-state index contributed by atoms with van der Waals surface area (Å²) in [7, 11) is 0. The molecule has 146 valence electrons. The maximum Gasteiger partial charge on any atom is 0.296 e. The zero-order chi connectivity index (χ0) is 20.1. The molecule has 2 rings (SSSR count). The maximum absolute atomic E-state index is 12.9. The number of alkyl halides is 4. The van der Waals surface area contributed by atoms with Crippen LogP contribution in [0.3, 0.4) is 0 Å². The summed E-state index contributed by atoms with van der Waals surface area (Å²) in [6.07, 6.45) is -6.21. The smallest absolute Gasteiger partial charge is 0.296 e. The molecule has 0 aliphatic heterocycles. The van der Waals surface area contributed by atoms with Gasteiger partial charge < -0.3 is 10.1 Å². The molecule has 0 radical (unpaired) electrons. The summed E-state index contributed by atoms with van der Waals surface area (Å²) in [5.74, 6) is -0.746. The lowest BCUT2D eigenvalue weighted by molar-refractivity contribution is -0.384. The Morgan fingerprint density at radius 3 is 2.56 bits per heavy atom. The van der Waals surface area contributed by atoms with E-state index in [9.17, 15) is 32.5 Å². The van der Waals surface area contributed by atoms with Crippen molar-refractivity contribution in [3.05, 3.63) is 45.8 Å². The molecule has 0 atom stereocenters. The first-order valence-electron chi connectivity index (χ1n) is 7.58. The molecular formula is C15H14F4N4O4. The number of nitro benzene ring substituents is 1. The molecule has 0 aliphatic carbocycles. The molecule has 1 heterocycles. The summed E-state index contributed by atoms with van der Waals surface area (Å²) >= 11 is 0. The Morgan fingerprint density at radius 2 is 2.00 bits per heavy atom. The van der Waals surface area contributed by atoms with E-state index < -0.39 is 47.3 Å². The van der Waals surface area contributed by atoms with Gasteiger partial charge in [-0.1, -0.05) is 0 Å². The van der Waals surface area contributed by atoms with Gasteiger partial charge >= 0.3 is 0 Å². The van der Waals surface area contributed by atoms with Crippen molar-refractivity contribution in [2.75, 3.05) is 11.9 Å². The molecule has 0 saturated carbocycles. The number of hydrogen-bond acceptors (Lipinski definition) is 5. The molecule has 0 unspecified atom stereocenters. The molecule has 1 N–H and O–H groups in total. The average Bonchev–Trinajstić information content (AvgIpc) is 3.00. The number of nitro groups is 1. The van der Waals surface area contributed by atoms with Crippen molar-refractivity contribution in [1.29, 1.82) is 0 Å². The van der Waals surface area contributed by atoms with Gasteiger partial charge in [0, 0.05) is 0 Å². The molecule has 0 bridgehead atoms. The number of carbonyl (C=O) groups excluding carboxylic acids is 1. The quantitative estimate of drug-likeness (QED) is 0.421. The standard InChI is InChI=1S/C15H14F4N4O4/c1-2-27-8-3-4-9(11(5-8)23(25)26)20-13(24)7-22-12(15(18)19)6-10(21-22)14(16)17/h3-6,14-15H,2,7H2,1H3,(H,20,24). The minimum Gasteiger partial charge on any atom is -0.494 e. The number of amides is 1. The number of halogens is 4. The lowest BCUT2D eigenvalue weighted by Crippen LogP contribution is -2.21. The summed E-state index contributed by atoms with van der Waals surface area (Å²) in [4.78, 5) is 22.4. The van der Waals surface area contributed by atoms with Crippen molar-refractivity contribution in [2.45, 2.75) is 26.3 Å². The van der Waals surface area contributed by atoms with E-state index in [4.69, 9.17) is 4.74 Å². The van der Waals surface area contributed by atoms with Crippen LogP contribution in [0.2, 0.25) is 0 Å². The fourth-order valence-corrected chi connectivity index (χ4v) is 2.21. The highest BCUT2D eigenvalue weighted by Gasteiger charge is 2.23. The van der Waals surface area contributed by atoms with Crippen LogP contribution in [-0.2, 0) is 11.3 Å². The molecule has 0 saturated heterocycles. The Morgan fingerprint density at radius 1 is 1.30 bits per heavy atom. The first kappa shape index (κ1) is 20.1. The molecule has 0 fully saturated rings. The van der Waals surface area contributed by atoms with Crippen molar-refractivity contribution < 1.29 is 32.0 Å². The van der Waals surface area contributed by atoms with Gasteiger partial charge in [0.1, 0.15) is 29.4 Å². The van der Waals surface area contributed by atoms with E-state index in [0.29, 0.717) is 10.7 Å². The molecule has 12 heteroatoms. The number of aromatic nitrogens is 2. The van der Waals surface area contributed by atoms with Gasteiger partial charge in [-0.2, -0.15) is 5.10 Å². The van der Waals surface area contributed by atoms with Gasteiger partial charge in [-0.3, -0.25) is 19.6 Å². The van der Waals surface area contributed by atoms with Gasteiger partial charge in [-0.05, 0) is 25.1 Å². The third-order valence-electron chi connectivity index (χ3n) is 3.32. The Kier molecular flexibility index (Phi) is 6.32. The van der Waals surface area contributed by atoms with Crippen molar-refractivity contribution in [3.8, 4) is 5.75 Å². The Bertz CT molecular complexity index is 841. The van der Waals surface area contributed by atoms with E-state index in [-0.39, 0.29) is 18.0 Å². The summed E-state index contributed by atoms with van der Waals surface area (Å²) in [5.41, 5.74) is -2.43. The molecule has 0 spiro atoms. The molecule has 27 heavy (non-hydrogen) atoms. The van der Waals surface area contributed by atoms with Gasteiger partial charge in [-0.25, -0.2) is 17.6 Å². The van der Waals surface area contributed by atoms with Crippen LogP contribution < -0.4 is 10.1 Å². The normalized spacial score (nSPS) is 11.1. The molecule has 1 amide bonds. The number of benzene rings is 1. The van der Waals surface area contributed by atoms with Gasteiger partial charge in [0.05, 0.1) is 17.6 Å². The molecule has 0 aliphatic rings. The van der Waals surface area contributed by atoms with E-state index >= 15 is 0 Å². The van der Waals surface area contributed by atoms with Crippen LogP contribution in [0.15, 0.2) is 24.3 Å². The van der Waals surface area contributed by atoms with Crippen LogP contribution in [0.5, 0.6) is 5.75 Å². The minimum absolute atomic E-state index is 0.201. The number of nitrogens with one attached hydrogen (secondary N) is 1. The Hall–Kier alpha value is -3.18. The summed E-state index contributed by atoms with van der Waals surface area (Å²) in [5, 5.41) is 16.6. The van der Waals surface area contributed by atoms with Crippen molar-refractivity contribution in [2.24, 2.45) is 0 Å². The van der Waals surface area contributed by atoms with Crippen LogP contribution in [0.1, 0.15) is 31.2 Å². The van der Waals surface area contributed by atoms with Crippen LogP contribution in [0, 0.1) is 10.1 Å². The summed E-state index contributed by atoms with van der Waals surface area (Å²) < 4.78 is 56.7. The molecular weight excluding hydrogens is 376 g/mol. The predicted molar refractivity (Wildman–Crippen MR) is 85.0 cm³/mol. The van der Waals surface area contributed by atoms with Crippen LogP contribution in [0.4, 0.5) is 28.9 Å². The van der Waals surface area contributed by atoms with Gasteiger partial charge in [0.25, 0.3) is 18.5 Å². The zero-order valence-corrected chi connectivity index (χ0v) is 13.9. The highest BCUT2D eigenvalue weighted by atomic mass is 19.3. The highest BCUT2D eigenvalue weighted by Crippen LogP contribution is 2.29. The SMILES string of the molecule is CCOc1ccc(NC(=O)Cn2nc(C(F)F)cc2C(F)F)c([N+](=O)[O-])c1. The van der Waals surface area contributed by atoms with Crippen LogP contribution in [-0.4, -0.2) is 27.2 Å². The zero-order valence-electron chi connectivity index (χ0n) is 13.9. The summed E-state index contributed by atoms with van der Waals surface area (Å²) in [6.45, 7) is 1.13. The van der Waals surface area contributed by atoms with E-state index in [0.717, 1.165) is 6.07 Å². The van der Waals surface area contributed by atoms with E-state index in [1.54, 1.807) is 6.92 Å². The molecule has 2 aromatic rings. The van der Waals surface area contributed by atoms with Crippen LogP contribution in [0.25, 0.3) is 0 Å². The third kappa shape index (κ3) is 4.92. The second-order valence-electron chi connectivity index (χ2n) is 5.17. The fourth-order valence-electron chi connectivity index (χ4n) is 2.21. The second kappa shape index (κ2) is 8.47. The number of hydrogen-bond donors (Lipinski definition) is 1. The van der Waals surface area contributed by atoms with Crippen molar-refractivity contribution >= 4 is 17.3 Å². The molecule has 1 aromatic heterocycles. The second-order valence-corrected chi connectivity index (χ2v) is 5.17. The predicted octanol–water partition coefficient (Wildman–Crippen LogP) is 3.70. The minimum atomic E-state index is -3.13. The third-order valence-corrected chi connectivity index (χ3v) is 3.32. The average molecular weight is 390 g/mol. The van der Waals surface area contributed by atoms with E-state index in [2.05, 4.69) is 10.4 Å². The Balaban J connectivity index is 2.22. The van der Waals surface area contributed by atoms with Gasteiger partial charge in [-0.15, -0.1) is 0 Å². The lowest BCUT2D eigenvalue weighted by atomic mass is 10.2. The topological polar surface area (TPSA) is 99.3 Å². The fraction of sp³-hybridized carbons (Fsp3) is 0.333. The number of carbonyl (C=O) groups is 1. The first-order chi connectivity index (χ1) is 12.7. The van der Waals surface area contributed by atoms with E-state index in [1.165, 1.54) is 12.1 Å². The number of rotatable bonds is 8. The van der Waals surface area contributed by atoms with E-state index in [1.807, 2.05) is 0 Å². The van der Waals surface area contributed by atoms with Crippen LogP contribution >= 0.6 is 0 Å². The van der Waals surface area contributed by atoms with Gasteiger partial charge in [0.2, 0.25) is 5.91 Å². The maximum atomic E-state index is 12.9.